The molecule has 8 heteroatoms. The molecule has 5 nitrogen and oxygen atoms in total. The fraction of sp³-hybridized carbons (Fsp3) is 0.0500. The molecule has 0 radical (unpaired) electrons. The lowest BCUT2D eigenvalue weighted by molar-refractivity contribution is -0.117. The van der Waals surface area contributed by atoms with E-state index in [-0.39, 0.29) is 10.6 Å². The molecule has 0 saturated heterocycles. The van der Waals surface area contributed by atoms with E-state index in [1.54, 1.807) is 6.92 Å². The summed E-state index contributed by atoms with van der Waals surface area (Å²) in [5.41, 5.74) is 6.14. The predicted molar refractivity (Wildman–Crippen MR) is 108 cm³/mol. The number of benzene rings is 2. The van der Waals surface area contributed by atoms with Crippen molar-refractivity contribution in [2.45, 2.75) is 6.92 Å². The summed E-state index contributed by atoms with van der Waals surface area (Å²) in [6.45, 7) is 1.72. The fourth-order valence-electron chi connectivity index (χ4n) is 2.36. The van der Waals surface area contributed by atoms with Crippen molar-refractivity contribution in [3.63, 3.8) is 0 Å². The van der Waals surface area contributed by atoms with E-state index in [1.165, 1.54) is 35.6 Å². The van der Waals surface area contributed by atoms with Gasteiger partial charge in [0.1, 0.15) is 15.7 Å². The highest BCUT2D eigenvalue weighted by Crippen LogP contribution is 2.27. The largest absolute Gasteiger partial charge is 0.281 e. The number of halogens is 2. The Hall–Kier alpha value is -3.03. The SMILES string of the molecule is Cc1nc(-c2ccccc2)sc1C(=O)NNC(=O)/C=C/c1c(F)cccc1Cl. The first kappa shape index (κ1) is 19.7. The molecule has 1 heterocycles. The molecule has 142 valence electrons. The molecule has 28 heavy (non-hydrogen) atoms. The number of aromatic nitrogens is 1. The van der Waals surface area contributed by atoms with Crippen LogP contribution in [0.5, 0.6) is 0 Å². The van der Waals surface area contributed by atoms with E-state index in [9.17, 15) is 14.0 Å². The molecule has 0 fully saturated rings. The van der Waals surface area contributed by atoms with Gasteiger partial charge in [0.05, 0.1) is 10.7 Å². The van der Waals surface area contributed by atoms with E-state index in [4.69, 9.17) is 11.6 Å². The van der Waals surface area contributed by atoms with Gasteiger partial charge < -0.3 is 0 Å². The summed E-state index contributed by atoms with van der Waals surface area (Å²) in [5.74, 6) is -1.66. The number of hydrogen-bond acceptors (Lipinski definition) is 4. The van der Waals surface area contributed by atoms with E-state index in [0.29, 0.717) is 15.6 Å². The first-order valence-electron chi connectivity index (χ1n) is 8.21. The average Bonchev–Trinajstić information content (AvgIpc) is 3.08. The molecule has 2 N–H and O–H groups in total. The number of hydrazine groups is 1. The molecule has 0 saturated carbocycles. The summed E-state index contributed by atoms with van der Waals surface area (Å²) in [7, 11) is 0. The fourth-order valence-corrected chi connectivity index (χ4v) is 3.55. The third-order valence-electron chi connectivity index (χ3n) is 3.72. The minimum Gasteiger partial charge on any atom is -0.268 e. The first-order valence-corrected chi connectivity index (χ1v) is 9.40. The summed E-state index contributed by atoms with van der Waals surface area (Å²) in [6.07, 6.45) is 2.32. The predicted octanol–water partition coefficient (Wildman–Crippen LogP) is 4.39. The second-order valence-corrected chi connectivity index (χ2v) is 7.12. The second-order valence-electron chi connectivity index (χ2n) is 5.71. The number of nitrogens with zero attached hydrogens (tertiary/aromatic N) is 1. The number of hydrogen-bond donors (Lipinski definition) is 2. The van der Waals surface area contributed by atoms with Gasteiger partial charge in [-0.05, 0) is 25.1 Å². The number of carbonyl (C=O) groups excluding carboxylic acids is 2. The zero-order valence-electron chi connectivity index (χ0n) is 14.7. The quantitative estimate of drug-likeness (QED) is 0.490. The summed E-state index contributed by atoms with van der Waals surface area (Å²) in [6, 6.07) is 13.7. The topological polar surface area (TPSA) is 71.1 Å². The van der Waals surface area contributed by atoms with Crippen LogP contribution in [0.3, 0.4) is 0 Å². The van der Waals surface area contributed by atoms with Crippen LogP contribution in [0.1, 0.15) is 20.9 Å². The molecule has 1 aromatic heterocycles. The van der Waals surface area contributed by atoms with Crippen LogP contribution in [0, 0.1) is 12.7 Å². The van der Waals surface area contributed by atoms with Crippen LogP contribution in [-0.2, 0) is 4.79 Å². The van der Waals surface area contributed by atoms with Gasteiger partial charge >= 0.3 is 0 Å². The first-order chi connectivity index (χ1) is 13.5. The van der Waals surface area contributed by atoms with E-state index in [1.807, 2.05) is 30.3 Å². The summed E-state index contributed by atoms with van der Waals surface area (Å²) >= 11 is 7.12. The van der Waals surface area contributed by atoms with Crippen molar-refractivity contribution in [2.75, 3.05) is 0 Å². The van der Waals surface area contributed by atoms with Crippen LogP contribution < -0.4 is 10.9 Å². The van der Waals surface area contributed by atoms with Gasteiger partial charge in [0.25, 0.3) is 11.8 Å². The molecule has 0 atom stereocenters. The monoisotopic (exact) mass is 415 g/mol. The third kappa shape index (κ3) is 4.62. The standard InChI is InChI=1S/C20H15ClFN3O2S/c1-12-18(28-20(23-12)13-6-3-2-4-7-13)19(27)25-24-17(26)11-10-14-15(21)8-5-9-16(14)22/h2-11H,1H3,(H,24,26)(H,25,27)/b11-10+. The number of amides is 2. The zero-order chi connectivity index (χ0) is 20.1. The Bertz CT molecular complexity index is 1030. The van der Waals surface area contributed by atoms with Crippen molar-refractivity contribution >= 4 is 40.8 Å². The van der Waals surface area contributed by atoms with Crippen LogP contribution in [0.15, 0.2) is 54.6 Å². The Balaban J connectivity index is 1.63. The van der Waals surface area contributed by atoms with Gasteiger partial charge in [-0.15, -0.1) is 11.3 Å². The molecule has 3 rings (SSSR count). The average molecular weight is 416 g/mol. The molecular formula is C20H15ClFN3O2S. The Morgan fingerprint density at radius 1 is 1.11 bits per heavy atom. The highest BCUT2D eigenvalue weighted by Gasteiger charge is 2.16. The molecular weight excluding hydrogens is 401 g/mol. The van der Waals surface area contributed by atoms with Crippen molar-refractivity contribution in [3.8, 4) is 10.6 Å². The minimum atomic E-state index is -0.627. The summed E-state index contributed by atoms with van der Waals surface area (Å²) < 4.78 is 13.7. The Kier molecular flexibility index (Phi) is 6.18. The van der Waals surface area contributed by atoms with Gasteiger partial charge in [-0.2, -0.15) is 0 Å². The second kappa shape index (κ2) is 8.77. The van der Waals surface area contributed by atoms with Gasteiger partial charge in [0.15, 0.2) is 0 Å². The van der Waals surface area contributed by atoms with E-state index < -0.39 is 17.6 Å². The number of rotatable bonds is 4. The lowest BCUT2D eigenvalue weighted by Gasteiger charge is -2.04. The highest BCUT2D eigenvalue weighted by atomic mass is 35.5. The number of carbonyl (C=O) groups is 2. The molecule has 2 amide bonds. The van der Waals surface area contributed by atoms with Crippen LogP contribution >= 0.6 is 22.9 Å². The lowest BCUT2D eigenvalue weighted by atomic mass is 10.2. The normalized spacial score (nSPS) is 10.8. The van der Waals surface area contributed by atoms with Gasteiger partial charge in [0.2, 0.25) is 0 Å². The van der Waals surface area contributed by atoms with Gasteiger partial charge in [-0.1, -0.05) is 48.0 Å². The van der Waals surface area contributed by atoms with Crippen LogP contribution in [0.2, 0.25) is 5.02 Å². The maximum Gasteiger partial charge on any atom is 0.281 e. The maximum absolute atomic E-state index is 13.7. The van der Waals surface area contributed by atoms with Crippen LogP contribution in [0.4, 0.5) is 4.39 Å². The number of nitrogens with one attached hydrogen (secondary N) is 2. The van der Waals surface area contributed by atoms with E-state index in [2.05, 4.69) is 15.8 Å². The van der Waals surface area contributed by atoms with Crippen molar-refractivity contribution in [1.29, 1.82) is 0 Å². The third-order valence-corrected chi connectivity index (χ3v) is 5.26. The van der Waals surface area contributed by atoms with Crippen molar-refractivity contribution in [1.82, 2.24) is 15.8 Å². The Morgan fingerprint density at radius 3 is 2.57 bits per heavy atom. The van der Waals surface area contributed by atoms with Crippen molar-refractivity contribution in [2.24, 2.45) is 0 Å². The molecule has 0 bridgehead atoms. The maximum atomic E-state index is 13.7. The molecule has 3 aromatic rings. The zero-order valence-corrected chi connectivity index (χ0v) is 16.3. The minimum absolute atomic E-state index is 0.0939. The van der Waals surface area contributed by atoms with Crippen molar-refractivity contribution < 1.29 is 14.0 Å². The molecule has 0 spiro atoms. The number of thiazole rings is 1. The Morgan fingerprint density at radius 2 is 1.86 bits per heavy atom. The molecule has 0 aliphatic rings. The summed E-state index contributed by atoms with van der Waals surface area (Å²) in [4.78, 5) is 29.0. The Labute approximate surface area is 169 Å². The van der Waals surface area contributed by atoms with Crippen LogP contribution in [-0.4, -0.2) is 16.8 Å². The molecule has 0 unspecified atom stereocenters. The molecule has 0 aliphatic heterocycles. The van der Waals surface area contributed by atoms with E-state index in [0.717, 1.165) is 11.6 Å². The summed E-state index contributed by atoms with van der Waals surface area (Å²) in [5, 5.41) is 0.894. The number of aryl methyl sites for hydroxylation is 1. The molecule has 0 aliphatic carbocycles. The van der Waals surface area contributed by atoms with E-state index >= 15 is 0 Å². The van der Waals surface area contributed by atoms with Gasteiger partial charge in [-0.25, -0.2) is 9.37 Å². The smallest absolute Gasteiger partial charge is 0.268 e. The highest BCUT2D eigenvalue weighted by molar-refractivity contribution is 7.17. The van der Waals surface area contributed by atoms with Crippen molar-refractivity contribution in [3.05, 3.63) is 81.6 Å². The van der Waals surface area contributed by atoms with Gasteiger partial charge in [-0.3, -0.25) is 20.4 Å². The molecule has 2 aromatic carbocycles. The lowest BCUT2D eigenvalue weighted by Crippen LogP contribution is -2.40. The van der Waals surface area contributed by atoms with Gasteiger partial charge in [0, 0.05) is 17.2 Å². The van der Waals surface area contributed by atoms with Crippen LogP contribution in [0.25, 0.3) is 16.6 Å².